The number of carbonyl (C=O) groups is 9. The van der Waals surface area contributed by atoms with Gasteiger partial charge in [0.15, 0.2) is 0 Å². The predicted octanol–water partition coefficient (Wildman–Crippen LogP) is 2.09. The van der Waals surface area contributed by atoms with Crippen LogP contribution >= 0.6 is 0 Å². The molecule has 0 saturated heterocycles. The highest BCUT2D eigenvalue weighted by Crippen LogP contribution is 2.26. The third-order valence-corrected chi connectivity index (χ3v) is 12.0. The number of esters is 2. The van der Waals surface area contributed by atoms with Crippen molar-refractivity contribution >= 4 is 59.2 Å². The molecule has 92 heavy (non-hydrogen) atoms. The second-order valence-corrected chi connectivity index (χ2v) is 22.4. The van der Waals surface area contributed by atoms with E-state index in [-0.39, 0.29) is 108 Å². The van der Waals surface area contributed by atoms with Gasteiger partial charge in [0.1, 0.15) is 29.6 Å². The number of hydrogen-bond acceptors (Lipinski definition) is 23. The number of phenols is 1. The molecule has 1 rings (SSSR count). The number of benzene rings is 1. The number of hydrogen-bond donors (Lipinski definition) is 8. The zero-order chi connectivity index (χ0) is 68.1. The summed E-state index contributed by atoms with van der Waals surface area (Å²) in [5.74, 6) is -4.45. The van der Waals surface area contributed by atoms with Crippen molar-refractivity contribution in [3.63, 3.8) is 0 Å². The molecule has 1 aromatic carbocycles. The molecule has 0 aliphatic heterocycles. The van der Waals surface area contributed by atoms with Gasteiger partial charge in [0.05, 0.1) is 138 Å². The van der Waals surface area contributed by atoms with E-state index < -0.39 is 77.4 Å². The van der Waals surface area contributed by atoms with E-state index in [2.05, 4.69) is 42.0 Å². The number of ether oxygens (including phenoxy) is 13. The highest BCUT2D eigenvalue weighted by Gasteiger charge is 2.24. The van der Waals surface area contributed by atoms with Gasteiger partial charge in [0.2, 0.25) is 35.4 Å². The number of nitrogens with one attached hydrogen (secondary N) is 7. The second-order valence-electron chi connectivity index (χ2n) is 22.4. The lowest BCUT2D eigenvalue weighted by Crippen LogP contribution is -2.47. The maximum atomic E-state index is 13.4. The summed E-state index contributed by atoms with van der Waals surface area (Å²) in [6, 6.07) is 2.91. The van der Waals surface area contributed by atoms with E-state index in [9.17, 15) is 48.3 Å². The van der Waals surface area contributed by atoms with Crippen LogP contribution in [0.5, 0.6) is 5.75 Å². The zero-order valence-electron chi connectivity index (χ0n) is 55.3. The van der Waals surface area contributed by atoms with Crippen LogP contribution in [0.1, 0.15) is 105 Å². The predicted molar refractivity (Wildman–Crippen MR) is 335 cm³/mol. The SMILES string of the molecule is COCCOCCOCCOCCOCCOCCOCCOCCOCCOCC(=O)NCCCC[C@H](NC(=O)CCCNC(=O)/C=C/C(=O)OC)C(=O)NCCCC(=O)NCC(=O)Nc1cc(C[C@@H](CCC(=O)OC(C)(C)C)NC(=O)OC(C)(C)C)ccc1O. The third kappa shape index (κ3) is 51.0. The van der Waals surface area contributed by atoms with Crippen molar-refractivity contribution in [2.45, 2.75) is 129 Å². The molecular formula is C62H105N7O23. The minimum absolute atomic E-state index is 0.00150. The fourth-order valence-electron chi connectivity index (χ4n) is 7.61. The maximum absolute atomic E-state index is 13.4. The number of rotatable bonds is 55. The molecule has 0 saturated carbocycles. The van der Waals surface area contributed by atoms with Gasteiger partial charge in [-0.2, -0.15) is 0 Å². The van der Waals surface area contributed by atoms with Crippen molar-refractivity contribution in [1.29, 1.82) is 0 Å². The van der Waals surface area contributed by atoms with Crippen LogP contribution < -0.4 is 37.2 Å². The Morgan fingerprint density at radius 2 is 1.00 bits per heavy atom. The van der Waals surface area contributed by atoms with E-state index in [1.165, 1.54) is 19.2 Å². The van der Waals surface area contributed by atoms with E-state index in [0.29, 0.717) is 124 Å². The van der Waals surface area contributed by atoms with E-state index in [1.807, 2.05) is 0 Å². The molecule has 0 aromatic heterocycles. The largest absolute Gasteiger partial charge is 0.506 e. The smallest absolute Gasteiger partial charge is 0.407 e. The molecule has 0 spiro atoms. The summed E-state index contributed by atoms with van der Waals surface area (Å²) in [5, 5.41) is 29.2. The van der Waals surface area contributed by atoms with E-state index in [1.54, 1.807) is 54.7 Å². The third-order valence-electron chi connectivity index (χ3n) is 12.0. The van der Waals surface area contributed by atoms with Gasteiger partial charge in [-0.3, -0.25) is 33.6 Å². The highest BCUT2D eigenvalue weighted by atomic mass is 16.6. The van der Waals surface area contributed by atoms with Crippen LogP contribution in [0.25, 0.3) is 0 Å². The Hall–Kier alpha value is -6.61. The summed E-state index contributed by atoms with van der Waals surface area (Å²) in [5.41, 5.74) is -0.835. The van der Waals surface area contributed by atoms with Crippen molar-refractivity contribution in [2.75, 3.05) is 171 Å². The number of anilines is 1. The summed E-state index contributed by atoms with van der Waals surface area (Å²) in [6.07, 6.45) is 3.03. The Morgan fingerprint density at radius 3 is 1.52 bits per heavy atom. The van der Waals surface area contributed by atoms with Crippen LogP contribution in [0.15, 0.2) is 30.4 Å². The highest BCUT2D eigenvalue weighted by molar-refractivity contribution is 5.96. The number of amides is 7. The second kappa shape index (κ2) is 52.8. The first-order valence-electron chi connectivity index (χ1n) is 31.2. The van der Waals surface area contributed by atoms with Gasteiger partial charge in [-0.1, -0.05) is 6.07 Å². The average Bonchev–Trinajstić information content (AvgIpc) is 1.02. The Bertz CT molecular complexity index is 2280. The molecule has 7 amide bonds. The molecule has 0 aliphatic carbocycles. The number of unbranched alkanes of at least 4 members (excludes halogenated alkanes) is 1. The van der Waals surface area contributed by atoms with Gasteiger partial charge in [-0.15, -0.1) is 0 Å². The molecule has 1 aromatic rings. The van der Waals surface area contributed by atoms with Gasteiger partial charge in [0.25, 0.3) is 0 Å². The maximum Gasteiger partial charge on any atom is 0.407 e. The molecule has 0 fully saturated rings. The zero-order valence-corrected chi connectivity index (χ0v) is 55.3. The summed E-state index contributed by atoms with van der Waals surface area (Å²) in [7, 11) is 2.80. The minimum atomic E-state index is -0.977. The van der Waals surface area contributed by atoms with Crippen LogP contribution in [-0.2, 0) is 106 Å². The lowest BCUT2D eigenvalue weighted by atomic mass is 10.0. The Balaban J connectivity index is 2.45. The lowest BCUT2D eigenvalue weighted by molar-refractivity contribution is -0.155. The first kappa shape index (κ1) is 83.4. The molecule has 30 heteroatoms. The van der Waals surface area contributed by atoms with Crippen molar-refractivity contribution in [3.05, 3.63) is 35.9 Å². The van der Waals surface area contributed by atoms with Crippen molar-refractivity contribution in [3.8, 4) is 5.75 Å². The summed E-state index contributed by atoms with van der Waals surface area (Å²) in [6.45, 7) is 17.9. The number of aromatic hydroxyl groups is 1. The molecule has 0 heterocycles. The summed E-state index contributed by atoms with van der Waals surface area (Å²) < 4.78 is 69.3. The van der Waals surface area contributed by atoms with Crippen molar-refractivity contribution in [2.24, 2.45) is 0 Å². The Kier molecular flexibility index (Phi) is 47.9. The standard InChI is InChI=1S/C62H105N7O23/c1-61(2,3)91-58(77)20-17-48(67-60(79)92-62(4,5)6)43-47-16-18-51(70)50(44-47)69-55(74)45-66-52(71)14-11-24-65-59(78)49(68-54(73)15-12-23-63-53(72)19-21-57(76)81-8)13-9-10-22-64-56(75)46-90-42-41-89-40-39-88-38-37-87-36-35-86-34-33-85-32-31-84-30-29-83-28-27-82-26-25-80-7/h16,18-19,21,44,48-49,70H,9-15,17,20,22-43,45-46H2,1-8H3,(H,63,72)(H,64,75)(H,65,78)(H,66,71)(H,67,79)(H,68,73)(H,69,74)/b21-19+/t48-,49+/m1/s1. The van der Waals surface area contributed by atoms with Gasteiger partial charge in [-0.05, 0) is 104 Å². The number of carbonyl (C=O) groups excluding carboxylic acids is 9. The molecule has 8 N–H and O–H groups in total. The van der Waals surface area contributed by atoms with E-state index in [0.717, 1.165) is 12.2 Å². The van der Waals surface area contributed by atoms with Gasteiger partial charge < -0.3 is 104 Å². The summed E-state index contributed by atoms with van der Waals surface area (Å²) >= 11 is 0. The number of alkyl carbamates (subject to hydrolysis) is 1. The fourth-order valence-corrected chi connectivity index (χ4v) is 7.61. The van der Waals surface area contributed by atoms with Gasteiger partial charge in [0, 0.05) is 64.2 Å². The van der Waals surface area contributed by atoms with Gasteiger partial charge in [-0.25, -0.2) is 9.59 Å². The lowest BCUT2D eigenvalue weighted by Gasteiger charge is -2.24. The molecule has 2 atom stereocenters. The van der Waals surface area contributed by atoms with E-state index >= 15 is 0 Å². The molecule has 30 nitrogen and oxygen atoms in total. The monoisotopic (exact) mass is 1320 g/mol. The fraction of sp³-hybridized carbons (Fsp3) is 0.726. The Labute approximate surface area is 541 Å². The van der Waals surface area contributed by atoms with Crippen LogP contribution in [0.3, 0.4) is 0 Å². The molecular weight excluding hydrogens is 1210 g/mol. The van der Waals surface area contributed by atoms with Crippen LogP contribution in [0, 0.1) is 0 Å². The van der Waals surface area contributed by atoms with Crippen molar-refractivity contribution < 1.29 is 110 Å². The topological polar surface area (TPSA) is 378 Å². The minimum Gasteiger partial charge on any atom is -0.506 e. The molecule has 526 valence electrons. The van der Waals surface area contributed by atoms with Crippen LogP contribution in [0.4, 0.5) is 10.5 Å². The van der Waals surface area contributed by atoms with Crippen LogP contribution in [-0.4, -0.2) is 248 Å². The molecule has 0 radical (unpaired) electrons. The number of phenolic OH excluding ortho intramolecular Hbond substituents is 1. The molecule has 0 unspecified atom stereocenters. The Morgan fingerprint density at radius 1 is 0.500 bits per heavy atom. The molecule has 0 aliphatic rings. The first-order valence-corrected chi connectivity index (χ1v) is 31.2. The molecule has 0 bridgehead atoms. The van der Waals surface area contributed by atoms with Crippen LogP contribution in [0.2, 0.25) is 0 Å². The van der Waals surface area contributed by atoms with Gasteiger partial charge >= 0.3 is 18.0 Å². The first-order chi connectivity index (χ1) is 44.0. The average molecular weight is 1320 g/mol. The number of methoxy groups -OCH3 is 2. The van der Waals surface area contributed by atoms with E-state index in [4.69, 9.17) is 56.8 Å². The quantitative estimate of drug-likeness (QED) is 0.0152. The normalized spacial score (nSPS) is 12.1. The van der Waals surface area contributed by atoms with Crippen molar-refractivity contribution in [1.82, 2.24) is 31.9 Å². The summed E-state index contributed by atoms with van der Waals surface area (Å²) in [4.78, 5) is 113.